The molecular weight excluding hydrogens is 230 g/mol. The van der Waals surface area contributed by atoms with Gasteiger partial charge in [0, 0.05) is 32.0 Å². The Labute approximate surface area is 108 Å². The van der Waals surface area contributed by atoms with Crippen LogP contribution in [0.1, 0.15) is 18.7 Å². The highest BCUT2D eigenvalue weighted by Crippen LogP contribution is 2.17. The van der Waals surface area contributed by atoms with Crippen molar-refractivity contribution in [2.45, 2.75) is 26.3 Å². The van der Waals surface area contributed by atoms with Crippen LogP contribution in [0, 0.1) is 12.8 Å². The Hall–Kier alpha value is -1.36. The van der Waals surface area contributed by atoms with Gasteiger partial charge < -0.3 is 14.2 Å². The Morgan fingerprint density at radius 1 is 1.56 bits per heavy atom. The highest BCUT2D eigenvalue weighted by molar-refractivity contribution is 5.72. The van der Waals surface area contributed by atoms with Crippen LogP contribution in [-0.4, -0.2) is 47.2 Å². The summed E-state index contributed by atoms with van der Waals surface area (Å²) in [5.74, 6) is 1.02. The number of rotatable bonds is 4. The number of ether oxygens (including phenoxy) is 1. The molecule has 0 amide bonds. The average Bonchev–Trinajstić information content (AvgIpc) is 2.81. The smallest absolute Gasteiger partial charge is 0.309 e. The number of methoxy groups -OCH3 is 1. The van der Waals surface area contributed by atoms with Crippen LogP contribution in [0.15, 0.2) is 12.4 Å². The first-order chi connectivity index (χ1) is 8.70. The topological polar surface area (TPSA) is 47.4 Å². The fourth-order valence-corrected chi connectivity index (χ4v) is 2.51. The van der Waals surface area contributed by atoms with E-state index in [0.29, 0.717) is 0 Å². The van der Waals surface area contributed by atoms with E-state index in [1.807, 2.05) is 19.3 Å². The molecule has 0 saturated carbocycles. The van der Waals surface area contributed by atoms with E-state index in [1.165, 1.54) is 7.11 Å². The van der Waals surface area contributed by atoms with Crippen LogP contribution in [0.2, 0.25) is 0 Å². The number of likely N-dealkylation sites (tertiary alicyclic amines) is 1. The molecule has 0 aromatic carbocycles. The number of nitrogens with zero attached hydrogens (tertiary/aromatic N) is 3. The van der Waals surface area contributed by atoms with Gasteiger partial charge in [-0.1, -0.05) is 0 Å². The molecule has 1 atom stereocenters. The van der Waals surface area contributed by atoms with Crippen molar-refractivity contribution in [2.75, 3.05) is 26.7 Å². The number of aryl methyl sites for hydroxylation is 1. The molecule has 1 saturated heterocycles. The van der Waals surface area contributed by atoms with E-state index in [4.69, 9.17) is 4.74 Å². The molecule has 1 aliphatic rings. The highest BCUT2D eigenvalue weighted by atomic mass is 16.5. The van der Waals surface area contributed by atoms with E-state index in [9.17, 15) is 4.79 Å². The molecule has 2 rings (SSSR count). The number of piperidine rings is 1. The van der Waals surface area contributed by atoms with Gasteiger partial charge in [0.05, 0.1) is 13.0 Å². The zero-order chi connectivity index (χ0) is 13.0. The van der Waals surface area contributed by atoms with Gasteiger partial charge in [-0.3, -0.25) is 4.79 Å². The summed E-state index contributed by atoms with van der Waals surface area (Å²) >= 11 is 0. The van der Waals surface area contributed by atoms with Crippen LogP contribution in [-0.2, 0) is 16.1 Å². The Morgan fingerprint density at radius 2 is 2.39 bits per heavy atom. The number of imidazole rings is 1. The number of esters is 1. The molecule has 5 heteroatoms. The van der Waals surface area contributed by atoms with Gasteiger partial charge in [0.15, 0.2) is 0 Å². The Bertz CT molecular complexity index is 403. The standard InChI is InChI=1S/C13H21N3O2/c1-11-14-5-7-16(11)9-8-15-6-3-4-12(10-15)13(17)18-2/h5,7,12H,3-4,6,8-10H2,1-2H3. The van der Waals surface area contributed by atoms with E-state index < -0.39 is 0 Å². The number of aromatic nitrogens is 2. The van der Waals surface area contributed by atoms with Gasteiger partial charge in [0.1, 0.15) is 5.82 Å². The molecule has 0 aliphatic carbocycles. The Kier molecular flexibility index (Phi) is 4.36. The minimum atomic E-state index is -0.0708. The molecule has 0 spiro atoms. The fraction of sp³-hybridized carbons (Fsp3) is 0.692. The van der Waals surface area contributed by atoms with Crippen LogP contribution in [0.3, 0.4) is 0 Å². The van der Waals surface area contributed by atoms with Crippen molar-refractivity contribution in [2.24, 2.45) is 5.92 Å². The van der Waals surface area contributed by atoms with Crippen LogP contribution >= 0.6 is 0 Å². The van der Waals surface area contributed by atoms with Crippen molar-refractivity contribution < 1.29 is 9.53 Å². The molecule has 0 N–H and O–H groups in total. The molecule has 1 aromatic heterocycles. The second-order valence-corrected chi connectivity index (χ2v) is 4.83. The zero-order valence-electron chi connectivity index (χ0n) is 11.1. The van der Waals surface area contributed by atoms with Crippen LogP contribution in [0.4, 0.5) is 0 Å². The molecular formula is C13H21N3O2. The second kappa shape index (κ2) is 6.00. The molecule has 0 bridgehead atoms. The van der Waals surface area contributed by atoms with Crippen molar-refractivity contribution >= 4 is 5.97 Å². The third-order valence-electron chi connectivity index (χ3n) is 3.62. The SMILES string of the molecule is COC(=O)C1CCCN(CCn2ccnc2C)C1. The lowest BCUT2D eigenvalue weighted by atomic mass is 9.98. The van der Waals surface area contributed by atoms with Gasteiger partial charge in [-0.15, -0.1) is 0 Å². The molecule has 1 fully saturated rings. The lowest BCUT2D eigenvalue weighted by Crippen LogP contribution is -2.40. The summed E-state index contributed by atoms with van der Waals surface area (Å²) in [6, 6.07) is 0. The van der Waals surface area contributed by atoms with Crippen molar-refractivity contribution in [3.63, 3.8) is 0 Å². The van der Waals surface area contributed by atoms with Gasteiger partial charge >= 0.3 is 5.97 Å². The zero-order valence-corrected chi connectivity index (χ0v) is 11.1. The van der Waals surface area contributed by atoms with E-state index in [-0.39, 0.29) is 11.9 Å². The maximum Gasteiger partial charge on any atom is 0.309 e. The van der Waals surface area contributed by atoms with Crippen molar-refractivity contribution in [3.8, 4) is 0 Å². The number of hydrogen-bond donors (Lipinski definition) is 0. The monoisotopic (exact) mass is 251 g/mol. The maximum absolute atomic E-state index is 11.5. The molecule has 2 heterocycles. The first-order valence-corrected chi connectivity index (χ1v) is 6.48. The summed E-state index contributed by atoms with van der Waals surface area (Å²) in [6.07, 6.45) is 5.84. The number of carbonyl (C=O) groups is 1. The molecule has 100 valence electrons. The van der Waals surface area contributed by atoms with E-state index in [2.05, 4.69) is 14.5 Å². The predicted octanol–water partition coefficient (Wildman–Crippen LogP) is 1.08. The first-order valence-electron chi connectivity index (χ1n) is 6.48. The van der Waals surface area contributed by atoms with Crippen molar-refractivity contribution in [1.29, 1.82) is 0 Å². The summed E-state index contributed by atoms with van der Waals surface area (Å²) in [6.45, 7) is 5.79. The van der Waals surface area contributed by atoms with E-state index >= 15 is 0 Å². The highest BCUT2D eigenvalue weighted by Gasteiger charge is 2.26. The average molecular weight is 251 g/mol. The summed E-state index contributed by atoms with van der Waals surface area (Å²) in [5, 5.41) is 0. The third kappa shape index (κ3) is 3.10. The van der Waals surface area contributed by atoms with E-state index in [0.717, 1.165) is 44.8 Å². The van der Waals surface area contributed by atoms with E-state index in [1.54, 1.807) is 0 Å². The first kappa shape index (κ1) is 13.1. The Morgan fingerprint density at radius 3 is 3.06 bits per heavy atom. The normalized spacial score (nSPS) is 20.9. The Balaban J connectivity index is 1.83. The predicted molar refractivity (Wildman–Crippen MR) is 68.1 cm³/mol. The van der Waals surface area contributed by atoms with Crippen LogP contribution < -0.4 is 0 Å². The van der Waals surface area contributed by atoms with Crippen molar-refractivity contribution in [3.05, 3.63) is 18.2 Å². The minimum absolute atomic E-state index is 0.0487. The van der Waals surface area contributed by atoms with Gasteiger partial charge in [0.25, 0.3) is 0 Å². The molecule has 0 radical (unpaired) electrons. The van der Waals surface area contributed by atoms with Crippen molar-refractivity contribution in [1.82, 2.24) is 14.5 Å². The molecule has 1 aromatic rings. The number of hydrogen-bond acceptors (Lipinski definition) is 4. The summed E-state index contributed by atoms with van der Waals surface area (Å²) in [4.78, 5) is 18.1. The third-order valence-corrected chi connectivity index (χ3v) is 3.62. The lowest BCUT2D eigenvalue weighted by molar-refractivity contribution is -0.147. The van der Waals surface area contributed by atoms with Gasteiger partial charge in [-0.2, -0.15) is 0 Å². The van der Waals surface area contributed by atoms with Crippen LogP contribution in [0.25, 0.3) is 0 Å². The molecule has 5 nitrogen and oxygen atoms in total. The van der Waals surface area contributed by atoms with Crippen LogP contribution in [0.5, 0.6) is 0 Å². The number of carbonyl (C=O) groups excluding carboxylic acids is 1. The minimum Gasteiger partial charge on any atom is -0.469 e. The fourth-order valence-electron chi connectivity index (χ4n) is 2.51. The summed E-state index contributed by atoms with van der Waals surface area (Å²) in [7, 11) is 1.47. The summed E-state index contributed by atoms with van der Waals surface area (Å²) in [5.41, 5.74) is 0. The van der Waals surface area contributed by atoms with Gasteiger partial charge in [-0.25, -0.2) is 4.98 Å². The molecule has 18 heavy (non-hydrogen) atoms. The molecule has 1 aliphatic heterocycles. The van der Waals surface area contributed by atoms with Gasteiger partial charge in [-0.05, 0) is 26.3 Å². The molecule has 1 unspecified atom stereocenters. The quantitative estimate of drug-likeness (QED) is 0.751. The maximum atomic E-state index is 11.5. The largest absolute Gasteiger partial charge is 0.469 e. The summed E-state index contributed by atoms with van der Waals surface area (Å²) < 4.78 is 6.97. The lowest BCUT2D eigenvalue weighted by Gasteiger charge is -2.31. The second-order valence-electron chi connectivity index (χ2n) is 4.83. The van der Waals surface area contributed by atoms with Gasteiger partial charge in [0.2, 0.25) is 0 Å².